The van der Waals surface area contributed by atoms with Crippen LogP contribution in [0.4, 0.5) is 0 Å². The Bertz CT molecular complexity index is 1140. The SMILES string of the molecule is Cc1nn(C)cc1-c1ccc(CN2Cc3cccc(O[C@H]4COCC[C@@H]4O)c3C2=O)cc1. The zero-order valence-electron chi connectivity index (χ0n) is 18.3. The molecule has 32 heavy (non-hydrogen) atoms. The fourth-order valence-electron chi connectivity index (χ4n) is 4.48. The Morgan fingerprint density at radius 2 is 2.03 bits per heavy atom. The number of fused-ring (bicyclic) bond motifs is 1. The molecule has 0 unspecified atom stereocenters. The van der Waals surface area contributed by atoms with Crippen molar-refractivity contribution < 1.29 is 19.4 Å². The number of nitrogens with zero attached hydrogens (tertiary/aromatic N) is 3. The third kappa shape index (κ3) is 3.89. The van der Waals surface area contributed by atoms with E-state index in [4.69, 9.17) is 9.47 Å². The Morgan fingerprint density at radius 1 is 1.22 bits per heavy atom. The summed E-state index contributed by atoms with van der Waals surface area (Å²) in [5.41, 5.74) is 5.81. The number of rotatable bonds is 5. The molecule has 1 aromatic heterocycles. The van der Waals surface area contributed by atoms with E-state index in [1.807, 2.05) is 41.9 Å². The van der Waals surface area contributed by atoms with Gasteiger partial charge in [0.15, 0.2) is 0 Å². The topological polar surface area (TPSA) is 76.8 Å². The molecule has 1 fully saturated rings. The van der Waals surface area contributed by atoms with Crippen LogP contribution in [0.2, 0.25) is 0 Å². The van der Waals surface area contributed by atoms with E-state index in [1.165, 1.54) is 0 Å². The van der Waals surface area contributed by atoms with Gasteiger partial charge in [0.1, 0.15) is 11.9 Å². The first kappa shape index (κ1) is 20.7. The molecule has 2 atom stereocenters. The normalized spacial score (nSPS) is 20.5. The molecular weight excluding hydrogens is 406 g/mol. The molecule has 0 aliphatic carbocycles. The van der Waals surface area contributed by atoms with Gasteiger partial charge >= 0.3 is 0 Å². The number of hydrogen-bond donors (Lipinski definition) is 1. The Kier molecular flexibility index (Phi) is 5.45. The summed E-state index contributed by atoms with van der Waals surface area (Å²) in [5.74, 6) is 0.473. The summed E-state index contributed by atoms with van der Waals surface area (Å²) in [5, 5.41) is 14.6. The minimum atomic E-state index is -0.589. The van der Waals surface area contributed by atoms with Crippen LogP contribution in [-0.4, -0.2) is 51.1 Å². The predicted molar refractivity (Wildman–Crippen MR) is 119 cm³/mol. The van der Waals surface area contributed by atoms with E-state index in [0.29, 0.717) is 44.0 Å². The summed E-state index contributed by atoms with van der Waals surface area (Å²) < 4.78 is 13.3. The van der Waals surface area contributed by atoms with Gasteiger partial charge < -0.3 is 19.5 Å². The molecule has 7 heteroatoms. The maximum Gasteiger partial charge on any atom is 0.258 e. The van der Waals surface area contributed by atoms with Crippen LogP contribution in [0, 0.1) is 6.92 Å². The van der Waals surface area contributed by atoms with Gasteiger partial charge in [-0.1, -0.05) is 36.4 Å². The lowest BCUT2D eigenvalue weighted by atomic mass is 10.0. The molecule has 0 saturated carbocycles. The number of aliphatic hydroxyl groups excluding tert-OH is 1. The molecule has 7 nitrogen and oxygen atoms in total. The molecule has 3 aromatic rings. The van der Waals surface area contributed by atoms with Crippen molar-refractivity contribution in [2.75, 3.05) is 13.2 Å². The fourth-order valence-corrected chi connectivity index (χ4v) is 4.48. The lowest BCUT2D eigenvalue weighted by molar-refractivity contribution is -0.0736. The van der Waals surface area contributed by atoms with E-state index in [1.54, 1.807) is 6.07 Å². The predicted octanol–water partition coefficient (Wildman–Crippen LogP) is 3.08. The van der Waals surface area contributed by atoms with Gasteiger partial charge in [0.2, 0.25) is 0 Å². The van der Waals surface area contributed by atoms with Crippen LogP contribution in [0.5, 0.6) is 5.75 Å². The second kappa shape index (κ2) is 8.41. The van der Waals surface area contributed by atoms with Crippen molar-refractivity contribution in [3.8, 4) is 16.9 Å². The molecule has 1 saturated heterocycles. The Hall–Kier alpha value is -3.16. The van der Waals surface area contributed by atoms with Crippen molar-refractivity contribution in [3.05, 3.63) is 71.0 Å². The van der Waals surface area contributed by atoms with Gasteiger partial charge in [-0.2, -0.15) is 5.10 Å². The first-order valence-corrected chi connectivity index (χ1v) is 10.9. The average Bonchev–Trinajstić information content (AvgIpc) is 3.29. The third-order valence-electron chi connectivity index (χ3n) is 6.17. The van der Waals surface area contributed by atoms with Crippen LogP contribution < -0.4 is 4.74 Å². The van der Waals surface area contributed by atoms with Crippen LogP contribution in [0.15, 0.2) is 48.7 Å². The Balaban J connectivity index is 1.31. The molecule has 2 aliphatic rings. The summed E-state index contributed by atoms with van der Waals surface area (Å²) >= 11 is 0. The summed E-state index contributed by atoms with van der Waals surface area (Å²) in [6.07, 6.45) is 1.50. The molecule has 1 amide bonds. The second-order valence-electron chi connectivity index (χ2n) is 8.54. The summed E-state index contributed by atoms with van der Waals surface area (Å²) in [4.78, 5) is 15.1. The van der Waals surface area contributed by atoms with Crippen molar-refractivity contribution in [2.24, 2.45) is 7.05 Å². The van der Waals surface area contributed by atoms with E-state index in [9.17, 15) is 9.90 Å². The van der Waals surface area contributed by atoms with Crippen LogP contribution >= 0.6 is 0 Å². The van der Waals surface area contributed by atoms with Gasteiger partial charge in [0, 0.05) is 44.9 Å². The highest BCUT2D eigenvalue weighted by Gasteiger charge is 2.33. The zero-order valence-corrected chi connectivity index (χ0v) is 18.3. The van der Waals surface area contributed by atoms with Gasteiger partial charge in [-0.3, -0.25) is 9.48 Å². The first-order chi connectivity index (χ1) is 15.5. The minimum absolute atomic E-state index is 0.0472. The molecule has 1 N–H and O–H groups in total. The van der Waals surface area contributed by atoms with E-state index in [0.717, 1.165) is 27.9 Å². The molecule has 2 aliphatic heterocycles. The number of carbonyl (C=O) groups excluding carboxylic acids is 1. The standard InChI is InChI=1S/C25H27N3O4/c1-16-20(14-27(2)26-16)18-8-6-17(7-9-18)12-28-13-19-4-3-5-22(24(19)25(28)30)32-23-15-31-11-10-21(23)29/h3-9,14,21,23,29H,10-13,15H2,1-2H3/t21-,23-/m0/s1. The summed E-state index contributed by atoms with van der Waals surface area (Å²) in [6.45, 7) is 3.92. The van der Waals surface area contributed by atoms with Crippen molar-refractivity contribution in [1.82, 2.24) is 14.7 Å². The van der Waals surface area contributed by atoms with Gasteiger partial charge in [-0.15, -0.1) is 0 Å². The Labute approximate surface area is 187 Å². The zero-order chi connectivity index (χ0) is 22.2. The maximum absolute atomic E-state index is 13.2. The minimum Gasteiger partial charge on any atom is -0.484 e. The molecule has 3 heterocycles. The number of benzene rings is 2. The van der Waals surface area contributed by atoms with Crippen molar-refractivity contribution in [2.45, 2.75) is 38.6 Å². The molecule has 166 valence electrons. The smallest absolute Gasteiger partial charge is 0.258 e. The van der Waals surface area contributed by atoms with E-state index in [-0.39, 0.29) is 5.91 Å². The van der Waals surface area contributed by atoms with Crippen LogP contribution in [0.1, 0.15) is 33.6 Å². The lowest BCUT2D eigenvalue weighted by Crippen LogP contribution is -2.41. The molecule has 0 bridgehead atoms. The van der Waals surface area contributed by atoms with Gasteiger partial charge in [0.25, 0.3) is 5.91 Å². The number of aryl methyl sites for hydroxylation is 2. The molecule has 0 spiro atoms. The highest BCUT2D eigenvalue weighted by Crippen LogP contribution is 2.33. The molecule has 5 rings (SSSR count). The third-order valence-corrected chi connectivity index (χ3v) is 6.17. The average molecular weight is 434 g/mol. The first-order valence-electron chi connectivity index (χ1n) is 10.9. The maximum atomic E-state index is 13.2. The van der Waals surface area contributed by atoms with E-state index >= 15 is 0 Å². The van der Waals surface area contributed by atoms with E-state index in [2.05, 4.69) is 29.4 Å². The molecule has 0 radical (unpaired) electrons. The Morgan fingerprint density at radius 3 is 2.75 bits per heavy atom. The summed E-state index contributed by atoms with van der Waals surface area (Å²) in [6, 6.07) is 13.9. The van der Waals surface area contributed by atoms with Crippen LogP contribution in [0.25, 0.3) is 11.1 Å². The number of carbonyl (C=O) groups is 1. The number of amides is 1. The quantitative estimate of drug-likeness (QED) is 0.669. The van der Waals surface area contributed by atoms with Crippen molar-refractivity contribution in [1.29, 1.82) is 0 Å². The number of ether oxygens (including phenoxy) is 2. The van der Waals surface area contributed by atoms with Crippen molar-refractivity contribution in [3.63, 3.8) is 0 Å². The summed E-state index contributed by atoms with van der Waals surface area (Å²) in [7, 11) is 1.92. The van der Waals surface area contributed by atoms with Crippen LogP contribution in [-0.2, 0) is 24.9 Å². The number of aliphatic hydroxyl groups is 1. The molecule has 2 aromatic carbocycles. The monoisotopic (exact) mass is 433 g/mol. The highest BCUT2D eigenvalue weighted by molar-refractivity contribution is 6.01. The number of aromatic nitrogens is 2. The molecular formula is C25H27N3O4. The highest BCUT2D eigenvalue weighted by atomic mass is 16.5. The second-order valence-corrected chi connectivity index (χ2v) is 8.54. The fraction of sp³-hybridized carbons (Fsp3) is 0.360. The largest absolute Gasteiger partial charge is 0.484 e. The van der Waals surface area contributed by atoms with Gasteiger partial charge in [-0.05, 0) is 29.7 Å². The van der Waals surface area contributed by atoms with Crippen molar-refractivity contribution >= 4 is 5.91 Å². The lowest BCUT2D eigenvalue weighted by Gasteiger charge is -2.28. The van der Waals surface area contributed by atoms with Gasteiger partial charge in [-0.25, -0.2) is 0 Å². The van der Waals surface area contributed by atoms with Gasteiger partial charge in [0.05, 0.1) is 24.0 Å². The van der Waals surface area contributed by atoms with E-state index < -0.39 is 12.2 Å². The van der Waals surface area contributed by atoms with Crippen LogP contribution in [0.3, 0.4) is 0 Å². The number of hydrogen-bond acceptors (Lipinski definition) is 5.